The molecule has 1 aromatic carbocycles. The molecule has 2 rings (SSSR count). The van der Waals surface area contributed by atoms with E-state index < -0.39 is 0 Å². The maximum atomic E-state index is 5.99. The van der Waals surface area contributed by atoms with Gasteiger partial charge in [-0.25, -0.2) is 0 Å². The zero-order chi connectivity index (χ0) is 12.3. The van der Waals surface area contributed by atoms with Crippen LogP contribution in [0.15, 0.2) is 18.2 Å². The number of nitrogens with two attached hydrogens (primary N) is 1. The van der Waals surface area contributed by atoms with Gasteiger partial charge in [0.05, 0.1) is 13.2 Å². The average molecular weight is 255 g/mol. The van der Waals surface area contributed by atoms with Crippen molar-refractivity contribution in [3.8, 4) is 0 Å². The molecule has 0 amide bonds. The lowest BCUT2D eigenvalue weighted by atomic mass is 9.99. The van der Waals surface area contributed by atoms with Gasteiger partial charge in [0.15, 0.2) is 0 Å². The number of aryl methyl sites for hydroxylation is 1. The summed E-state index contributed by atoms with van der Waals surface area (Å²) in [4.78, 5) is 2.39. The van der Waals surface area contributed by atoms with Crippen molar-refractivity contribution in [3.63, 3.8) is 0 Å². The molecule has 94 valence electrons. The van der Waals surface area contributed by atoms with E-state index in [4.69, 9.17) is 22.1 Å². The molecule has 0 aliphatic carbocycles. The molecule has 1 aliphatic rings. The Hall–Kier alpha value is -0.610. The molecule has 0 aromatic heterocycles. The van der Waals surface area contributed by atoms with E-state index in [2.05, 4.69) is 17.9 Å². The minimum atomic E-state index is 0.274. The third-order valence-electron chi connectivity index (χ3n) is 3.30. The summed E-state index contributed by atoms with van der Waals surface area (Å²) in [6, 6.07) is 6.30. The summed E-state index contributed by atoms with van der Waals surface area (Å²) in [5.41, 5.74) is 8.41. The molecule has 17 heavy (non-hydrogen) atoms. The Balaban J connectivity index is 2.21. The highest BCUT2D eigenvalue weighted by molar-refractivity contribution is 6.30. The summed E-state index contributed by atoms with van der Waals surface area (Å²) < 4.78 is 5.38. The third-order valence-corrected chi connectivity index (χ3v) is 3.54. The van der Waals surface area contributed by atoms with E-state index in [1.165, 1.54) is 11.1 Å². The molecule has 3 nitrogen and oxygen atoms in total. The van der Waals surface area contributed by atoms with E-state index in [9.17, 15) is 0 Å². The molecule has 0 bridgehead atoms. The lowest BCUT2D eigenvalue weighted by Gasteiger charge is -2.34. The van der Waals surface area contributed by atoms with Crippen LogP contribution in [0.25, 0.3) is 0 Å². The first-order valence-corrected chi connectivity index (χ1v) is 6.38. The van der Waals surface area contributed by atoms with Gasteiger partial charge in [0.25, 0.3) is 0 Å². The van der Waals surface area contributed by atoms with Crippen LogP contribution in [0.2, 0.25) is 5.02 Å². The number of morpholine rings is 1. The van der Waals surface area contributed by atoms with Crippen molar-refractivity contribution in [2.24, 2.45) is 5.73 Å². The Labute approximate surface area is 107 Å². The predicted molar refractivity (Wildman–Crippen MR) is 70.4 cm³/mol. The highest BCUT2D eigenvalue weighted by Gasteiger charge is 2.22. The zero-order valence-electron chi connectivity index (χ0n) is 10.2. The third kappa shape index (κ3) is 2.99. The van der Waals surface area contributed by atoms with Crippen LogP contribution >= 0.6 is 11.6 Å². The fourth-order valence-electron chi connectivity index (χ4n) is 2.37. The van der Waals surface area contributed by atoms with Crippen molar-refractivity contribution in [3.05, 3.63) is 34.3 Å². The van der Waals surface area contributed by atoms with Crippen LogP contribution < -0.4 is 5.73 Å². The van der Waals surface area contributed by atoms with E-state index in [1.807, 2.05) is 12.1 Å². The normalized spacial score (nSPS) is 19.2. The second-order valence-electron chi connectivity index (χ2n) is 4.40. The van der Waals surface area contributed by atoms with E-state index in [1.54, 1.807) is 0 Å². The molecule has 2 N–H and O–H groups in total. The molecule has 0 saturated carbocycles. The van der Waals surface area contributed by atoms with Crippen LogP contribution in [0.3, 0.4) is 0 Å². The van der Waals surface area contributed by atoms with Crippen molar-refractivity contribution >= 4 is 11.6 Å². The van der Waals surface area contributed by atoms with Crippen LogP contribution in [0.1, 0.15) is 17.2 Å². The van der Waals surface area contributed by atoms with Crippen molar-refractivity contribution in [2.45, 2.75) is 13.0 Å². The number of ether oxygens (including phenoxy) is 1. The SMILES string of the molecule is Cc1cc(Cl)ccc1C(CN)N1CCOCC1. The van der Waals surface area contributed by atoms with Gasteiger partial charge in [-0.05, 0) is 30.2 Å². The summed E-state index contributed by atoms with van der Waals surface area (Å²) in [7, 11) is 0. The van der Waals surface area contributed by atoms with E-state index in [0.29, 0.717) is 6.54 Å². The zero-order valence-corrected chi connectivity index (χ0v) is 10.9. The summed E-state index contributed by atoms with van der Waals surface area (Å²) in [5.74, 6) is 0. The first-order valence-electron chi connectivity index (χ1n) is 6.00. The molecule has 1 heterocycles. The Morgan fingerprint density at radius 1 is 1.41 bits per heavy atom. The second-order valence-corrected chi connectivity index (χ2v) is 4.84. The summed E-state index contributed by atoms with van der Waals surface area (Å²) in [6.45, 7) is 6.20. The van der Waals surface area contributed by atoms with Crippen molar-refractivity contribution in [1.29, 1.82) is 0 Å². The van der Waals surface area contributed by atoms with Gasteiger partial charge in [-0.3, -0.25) is 4.90 Å². The van der Waals surface area contributed by atoms with Gasteiger partial charge in [-0.15, -0.1) is 0 Å². The van der Waals surface area contributed by atoms with Crippen LogP contribution in [-0.4, -0.2) is 37.7 Å². The number of hydrogen-bond acceptors (Lipinski definition) is 3. The van der Waals surface area contributed by atoms with Gasteiger partial charge in [-0.1, -0.05) is 17.7 Å². The molecule has 1 aliphatic heterocycles. The number of benzene rings is 1. The Kier molecular flexibility index (Phi) is 4.40. The van der Waals surface area contributed by atoms with Gasteiger partial charge in [0.1, 0.15) is 0 Å². The Morgan fingerprint density at radius 3 is 2.71 bits per heavy atom. The van der Waals surface area contributed by atoms with Crippen molar-refractivity contribution in [2.75, 3.05) is 32.8 Å². The number of nitrogens with zero attached hydrogens (tertiary/aromatic N) is 1. The predicted octanol–water partition coefficient (Wildman–Crippen LogP) is 1.98. The highest BCUT2D eigenvalue weighted by Crippen LogP contribution is 2.26. The summed E-state index contributed by atoms with van der Waals surface area (Å²) >= 11 is 5.99. The molecule has 1 aromatic rings. The van der Waals surface area contributed by atoms with Gasteiger partial charge >= 0.3 is 0 Å². The molecule has 0 spiro atoms. The average Bonchev–Trinajstić information content (AvgIpc) is 2.34. The van der Waals surface area contributed by atoms with Gasteiger partial charge in [0.2, 0.25) is 0 Å². The first-order chi connectivity index (χ1) is 8.22. The standard InChI is InChI=1S/C13H19ClN2O/c1-10-8-11(14)2-3-12(10)13(9-15)16-4-6-17-7-5-16/h2-3,8,13H,4-7,9,15H2,1H3. The number of hydrogen-bond donors (Lipinski definition) is 1. The molecule has 4 heteroatoms. The van der Waals surface area contributed by atoms with Gasteiger partial charge < -0.3 is 10.5 Å². The molecule has 0 radical (unpaired) electrons. The Morgan fingerprint density at radius 2 is 2.12 bits per heavy atom. The molecule has 1 atom stereocenters. The van der Waals surface area contributed by atoms with Crippen LogP contribution in [0.5, 0.6) is 0 Å². The minimum absolute atomic E-state index is 0.274. The summed E-state index contributed by atoms with van der Waals surface area (Å²) in [5, 5.41) is 0.781. The van der Waals surface area contributed by atoms with Gasteiger partial charge in [0, 0.05) is 30.7 Å². The smallest absolute Gasteiger partial charge is 0.0594 e. The van der Waals surface area contributed by atoms with Crippen LogP contribution in [-0.2, 0) is 4.74 Å². The van der Waals surface area contributed by atoms with E-state index in [-0.39, 0.29) is 6.04 Å². The lowest BCUT2D eigenvalue weighted by Crippen LogP contribution is -2.42. The fourth-order valence-corrected chi connectivity index (χ4v) is 2.60. The van der Waals surface area contributed by atoms with Crippen LogP contribution in [0, 0.1) is 6.92 Å². The van der Waals surface area contributed by atoms with E-state index >= 15 is 0 Å². The second kappa shape index (κ2) is 5.83. The Bertz CT molecular complexity index is 378. The summed E-state index contributed by atoms with van der Waals surface area (Å²) in [6.07, 6.45) is 0. The molecule has 1 saturated heterocycles. The molecule has 1 unspecified atom stereocenters. The first kappa shape index (κ1) is 12.8. The van der Waals surface area contributed by atoms with Crippen molar-refractivity contribution in [1.82, 2.24) is 4.90 Å². The maximum Gasteiger partial charge on any atom is 0.0594 e. The molecular formula is C13H19ClN2O. The number of rotatable bonds is 3. The van der Waals surface area contributed by atoms with E-state index in [0.717, 1.165) is 31.3 Å². The van der Waals surface area contributed by atoms with Gasteiger partial charge in [-0.2, -0.15) is 0 Å². The van der Waals surface area contributed by atoms with Crippen molar-refractivity contribution < 1.29 is 4.74 Å². The lowest BCUT2D eigenvalue weighted by molar-refractivity contribution is 0.0178. The monoisotopic (exact) mass is 254 g/mol. The largest absolute Gasteiger partial charge is 0.379 e. The quantitative estimate of drug-likeness (QED) is 0.897. The minimum Gasteiger partial charge on any atom is -0.379 e. The highest BCUT2D eigenvalue weighted by atomic mass is 35.5. The molecule has 1 fully saturated rings. The maximum absolute atomic E-state index is 5.99. The fraction of sp³-hybridized carbons (Fsp3) is 0.538. The number of halogens is 1. The topological polar surface area (TPSA) is 38.5 Å². The molecular weight excluding hydrogens is 236 g/mol. The van der Waals surface area contributed by atoms with Crippen LogP contribution in [0.4, 0.5) is 0 Å².